The average molecular weight is 364 g/mol. The maximum absolute atomic E-state index is 12.1. The minimum absolute atomic E-state index is 0.0932. The van der Waals surface area contributed by atoms with Crippen LogP contribution in [0, 0.1) is 6.92 Å². The van der Waals surface area contributed by atoms with Gasteiger partial charge < -0.3 is 15.4 Å². The first kappa shape index (κ1) is 17.2. The molecule has 3 heterocycles. The van der Waals surface area contributed by atoms with Gasteiger partial charge in [-0.25, -0.2) is 15.0 Å². The Kier molecular flexibility index (Phi) is 4.80. The van der Waals surface area contributed by atoms with Crippen molar-refractivity contribution in [3.8, 4) is 5.82 Å². The van der Waals surface area contributed by atoms with Crippen LogP contribution in [0.25, 0.3) is 5.82 Å². The number of benzene rings is 1. The van der Waals surface area contributed by atoms with Crippen molar-refractivity contribution in [3.05, 3.63) is 54.9 Å². The highest BCUT2D eigenvalue weighted by atomic mass is 16.5. The van der Waals surface area contributed by atoms with Gasteiger partial charge in [-0.05, 0) is 44.0 Å². The SMILES string of the molecule is Cc1nccn1-c1cc(Nc2ccc(NC(=O)C3CCCO3)cc2)ncn1. The molecule has 8 heteroatoms. The van der Waals surface area contributed by atoms with Crippen LogP contribution in [0.2, 0.25) is 0 Å². The molecule has 0 spiro atoms. The molecule has 0 bridgehead atoms. The number of carbonyl (C=O) groups excluding carboxylic acids is 1. The molecule has 0 radical (unpaired) electrons. The number of carbonyl (C=O) groups is 1. The van der Waals surface area contributed by atoms with Crippen LogP contribution >= 0.6 is 0 Å². The second kappa shape index (κ2) is 7.55. The predicted octanol–water partition coefficient (Wildman–Crippen LogP) is 2.83. The van der Waals surface area contributed by atoms with Gasteiger partial charge in [-0.2, -0.15) is 0 Å². The molecule has 1 aliphatic rings. The molecule has 1 aromatic carbocycles. The van der Waals surface area contributed by atoms with Crippen LogP contribution in [0.5, 0.6) is 0 Å². The molecule has 1 saturated heterocycles. The molecule has 27 heavy (non-hydrogen) atoms. The van der Waals surface area contributed by atoms with Crippen molar-refractivity contribution in [3.63, 3.8) is 0 Å². The first-order chi connectivity index (χ1) is 13.2. The lowest BCUT2D eigenvalue weighted by atomic mass is 10.2. The number of nitrogens with one attached hydrogen (secondary N) is 2. The number of hydrogen-bond donors (Lipinski definition) is 2. The van der Waals surface area contributed by atoms with E-state index in [0.717, 1.165) is 35.9 Å². The van der Waals surface area contributed by atoms with Gasteiger partial charge in [0, 0.05) is 36.4 Å². The number of amides is 1. The number of rotatable bonds is 5. The average Bonchev–Trinajstić information content (AvgIpc) is 3.35. The summed E-state index contributed by atoms with van der Waals surface area (Å²) in [6, 6.07) is 9.31. The first-order valence-corrected chi connectivity index (χ1v) is 8.81. The van der Waals surface area contributed by atoms with Crippen molar-refractivity contribution < 1.29 is 9.53 Å². The monoisotopic (exact) mass is 364 g/mol. The minimum atomic E-state index is -0.339. The Hall–Kier alpha value is -3.26. The molecule has 1 unspecified atom stereocenters. The summed E-state index contributed by atoms with van der Waals surface area (Å²) in [5.41, 5.74) is 1.59. The quantitative estimate of drug-likeness (QED) is 0.723. The molecule has 4 rings (SSSR count). The number of aromatic nitrogens is 4. The fourth-order valence-electron chi connectivity index (χ4n) is 2.96. The summed E-state index contributed by atoms with van der Waals surface area (Å²) >= 11 is 0. The lowest BCUT2D eigenvalue weighted by Gasteiger charge is -2.11. The summed E-state index contributed by atoms with van der Waals surface area (Å²) in [4.78, 5) is 24.8. The topological polar surface area (TPSA) is 94.0 Å². The van der Waals surface area contributed by atoms with Crippen LogP contribution in [0.15, 0.2) is 49.1 Å². The molecule has 0 saturated carbocycles. The minimum Gasteiger partial charge on any atom is -0.368 e. The van der Waals surface area contributed by atoms with E-state index in [2.05, 4.69) is 25.6 Å². The van der Waals surface area contributed by atoms with Crippen LogP contribution in [0.3, 0.4) is 0 Å². The van der Waals surface area contributed by atoms with Crippen LogP contribution < -0.4 is 10.6 Å². The van der Waals surface area contributed by atoms with Crippen LogP contribution in [0.4, 0.5) is 17.2 Å². The summed E-state index contributed by atoms with van der Waals surface area (Å²) in [5, 5.41) is 6.12. The zero-order valence-electron chi connectivity index (χ0n) is 14.9. The second-order valence-electron chi connectivity index (χ2n) is 6.30. The van der Waals surface area contributed by atoms with Gasteiger partial charge in [-0.1, -0.05) is 0 Å². The zero-order valence-corrected chi connectivity index (χ0v) is 14.9. The third kappa shape index (κ3) is 3.95. The standard InChI is InChI=1S/C19H20N6O2/c1-13-20-8-9-25(13)18-11-17(21-12-22-18)23-14-4-6-15(7-5-14)24-19(26)16-3-2-10-27-16/h4-9,11-12,16H,2-3,10H2,1H3,(H,24,26)(H,21,22,23). The van der Waals surface area contributed by atoms with Crippen molar-refractivity contribution in [1.82, 2.24) is 19.5 Å². The van der Waals surface area contributed by atoms with Crippen LogP contribution in [0.1, 0.15) is 18.7 Å². The fourth-order valence-corrected chi connectivity index (χ4v) is 2.96. The Morgan fingerprint density at radius 1 is 1.19 bits per heavy atom. The highest BCUT2D eigenvalue weighted by Gasteiger charge is 2.23. The van der Waals surface area contributed by atoms with E-state index >= 15 is 0 Å². The molecule has 3 aromatic rings. The van der Waals surface area contributed by atoms with Gasteiger partial charge >= 0.3 is 0 Å². The van der Waals surface area contributed by atoms with Gasteiger partial charge in [0.05, 0.1) is 0 Å². The van der Waals surface area contributed by atoms with E-state index in [0.29, 0.717) is 12.4 Å². The molecule has 1 aliphatic heterocycles. The molecule has 0 aliphatic carbocycles. The summed E-state index contributed by atoms with van der Waals surface area (Å²) in [6.45, 7) is 2.57. The van der Waals surface area contributed by atoms with Crippen molar-refractivity contribution >= 4 is 23.1 Å². The van der Waals surface area contributed by atoms with E-state index in [9.17, 15) is 4.79 Å². The summed E-state index contributed by atoms with van der Waals surface area (Å²) < 4.78 is 7.28. The molecule has 2 aromatic heterocycles. The number of imidazole rings is 1. The summed E-state index contributed by atoms with van der Waals surface area (Å²) in [6.07, 6.45) is 6.46. The summed E-state index contributed by atoms with van der Waals surface area (Å²) in [5.74, 6) is 2.17. The van der Waals surface area contributed by atoms with Crippen LogP contribution in [-0.2, 0) is 9.53 Å². The Balaban J connectivity index is 1.43. The first-order valence-electron chi connectivity index (χ1n) is 8.81. The zero-order chi connectivity index (χ0) is 18.6. The van der Waals surface area contributed by atoms with Gasteiger partial charge in [0.25, 0.3) is 5.91 Å². The van der Waals surface area contributed by atoms with Crippen molar-refractivity contribution in [2.75, 3.05) is 17.2 Å². The van der Waals surface area contributed by atoms with E-state index < -0.39 is 0 Å². The predicted molar refractivity (Wildman–Crippen MR) is 101 cm³/mol. The van der Waals surface area contributed by atoms with Gasteiger partial charge in [-0.15, -0.1) is 0 Å². The summed E-state index contributed by atoms with van der Waals surface area (Å²) in [7, 11) is 0. The molecule has 8 nitrogen and oxygen atoms in total. The fraction of sp³-hybridized carbons (Fsp3) is 0.263. The van der Waals surface area contributed by atoms with E-state index in [1.54, 1.807) is 6.20 Å². The second-order valence-corrected chi connectivity index (χ2v) is 6.30. The van der Waals surface area contributed by atoms with E-state index in [1.165, 1.54) is 6.33 Å². The normalized spacial score (nSPS) is 16.3. The highest BCUT2D eigenvalue weighted by Crippen LogP contribution is 2.20. The Labute approximate surface area is 156 Å². The molecule has 138 valence electrons. The van der Waals surface area contributed by atoms with E-state index in [-0.39, 0.29) is 12.0 Å². The number of hydrogen-bond acceptors (Lipinski definition) is 6. The van der Waals surface area contributed by atoms with E-state index in [4.69, 9.17) is 4.74 Å². The van der Waals surface area contributed by atoms with Gasteiger partial charge in [0.1, 0.15) is 29.9 Å². The number of anilines is 3. The van der Waals surface area contributed by atoms with Crippen molar-refractivity contribution in [2.45, 2.75) is 25.9 Å². The lowest BCUT2D eigenvalue weighted by molar-refractivity contribution is -0.124. The number of nitrogens with zero attached hydrogens (tertiary/aromatic N) is 4. The third-order valence-corrected chi connectivity index (χ3v) is 4.37. The number of ether oxygens (including phenoxy) is 1. The third-order valence-electron chi connectivity index (χ3n) is 4.37. The Bertz CT molecular complexity index is 931. The lowest BCUT2D eigenvalue weighted by Crippen LogP contribution is -2.26. The largest absolute Gasteiger partial charge is 0.368 e. The Morgan fingerprint density at radius 2 is 2.00 bits per heavy atom. The highest BCUT2D eigenvalue weighted by molar-refractivity contribution is 5.94. The van der Waals surface area contributed by atoms with Gasteiger partial charge in [-0.3, -0.25) is 9.36 Å². The van der Waals surface area contributed by atoms with Crippen molar-refractivity contribution in [1.29, 1.82) is 0 Å². The van der Waals surface area contributed by atoms with E-state index in [1.807, 2.05) is 48.0 Å². The Morgan fingerprint density at radius 3 is 2.70 bits per heavy atom. The maximum Gasteiger partial charge on any atom is 0.253 e. The smallest absolute Gasteiger partial charge is 0.253 e. The van der Waals surface area contributed by atoms with Crippen LogP contribution in [-0.4, -0.2) is 38.1 Å². The molecule has 1 amide bonds. The van der Waals surface area contributed by atoms with Gasteiger partial charge in [0.2, 0.25) is 0 Å². The molecule has 1 atom stereocenters. The number of aryl methyl sites for hydroxylation is 1. The molecular formula is C19H20N6O2. The van der Waals surface area contributed by atoms with Gasteiger partial charge in [0.15, 0.2) is 0 Å². The molecule has 1 fully saturated rings. The molecular weight excluding hydrogens is 344 g/mol. The maximum atomic E-state index is 12.1. The molecule has 2 N–H and O–H groups in total. The van der Waals surface area contributed by atoms with Crippen molar-refractivity contribution in [2.24, 2.45) is 0 Å².